The summed E-state index contributed by atoms with van der Waals surface area (Å²) in [7, 11) is 4.43. The fourth-order valence-corrected chi connectivity index (χ4v) is 5.69. The molecule has 2 N–H and O–H groups in total. The molecular formula is C18H23N4S2+. The first-order valence-corrected chi connectivity index (χ1v) is 10.3. The predicted molar refractivity (Wildman–Crippen MR) is 102 cm³/mol. The van der Waals surface area contributed by atoms with Gasteiger partial charge in [-0.25, -0.2) is 9.97 Å². The monoisotopic (exact) mass is 359 g/mol. The van der Waals surface area contributed by atoms with Crippen molar-refractivity contribution in [3.63, 3.8) is 0 Å². The summed E-state index contributed by atoms with van der Waals surface area (Å²) in [4.78, 5) is 14.6. The van der Waals surface area contributed by atoms with E-state index in [-0.39, 0.29) is 0 Å². The molecule has 1 atom stereocenters. The smallest absolute Gasteiger partial charge is 0.139 e. The van der Waals surface area contributed by atoms with Crippen molar-refractivity contribution in [3.8, 4) is 0 Å². The number of hydrogen-bond donors (Lipinski definition) is 2. The Balaban J connectivity index is 1.63. The number of nitrogens with zero attached hydrogens (tertiary/aromatic N) is 2. The van der Waals surface area contributed by atoms with E-state index in [0.29, 0.717) is 6.04 Å². The van der Waals surface area contributed by atoms with Crippen molar-refractivity contribution in [2.75, 3.05) is 26.0 Å². The van der Waals surface area contributed by atoms with Gasteiger partial charge in [-0.05, 0) is 42.7 Å². The van der Waals surface area contributed by atoms with Crippen LogP contribution >= 0.6 is 22.7 Å². The first kappa shape index (κ1) is 16.0. The number of anilines is 1. The minimum atomic E-state index is 0.435. The molecule has 1 aliphatic rings. The molecule has 4 nitrogen and oxygen atoms in total. The molecule has 1 aliphatic carbocycles. The summed E-state index contributed by atoms with van der Waals surface area (Å²) < 4.78 is 0. The van der Waals surface area contributed by atoms with Crippen molar-refractivity contribution in [2.45, 2.75) is 31.7 Å². The lowest BCUT2D eigenvalue weighted by Crippen LogP contribution is -3.06. The van der Waals surface area contributed by atoms with E-state index >= 15 is 0 Å². The molecule has 3 heterocycles. The van der Waals surface area contributed by atoms with Gasteiger partial charge in [-0.3, -0.25) is 0 Å². The van der Waals surface area contributed by atoms with Gasteiger partial charge in [0.15, 0.2) is 0 Å². The molecule has 24 heavy (non-hydrogen) atoms. The van der Waals surface area contributed by atoms with Crippen molar-refractivity contribution < 1.29 is 4.90 Å². The van der Waals surface area contributed by atoms with Gasteiger partial charge in [0, 0.05) is 4.88 Å². The number of aromatic nitrogens is 2. The van der Waals surface area contributed by atoms with Crippen LogP contribution in [0.3, 0.4) is 0 Å². The third kappa shape index (κ3) is 2.94. The number of quaternary nitrogens is 1. The van der Waals surface area contributed by atoms with Gasteiger partial charge in [-0.15, -0.1) is 22.7 Å². The zero-order valence-corrected chi connectivity index (χ0v) is 15.8. The fraction of sp³-hybridized carbons (Fsp3) is 0.444. The number of likely N-dealkylation sites (N-methyl/N-ethyl adjacent to an activating group) is 1. The highest BCUT2D eigenvalue weighted by Crippen LogP contribution is 2.38. The van der Waals surface area contributed by atoms with Gasteiger partial charge >= 0.3 is 0 Å². The summed E-state index contributed by atoms with van der Waals surface area (Å²) in [5.74, 6) is 1.02. The average molecular weight is 360 g/mol. The number of thiophene rings is 2. The number of rotatable bonds is 5. The molecule has 0 aromatic carbocycles. The second-order valence-corrected chi connectivity index (χ2v) is 8.70. The summed E-state index contributed by atoms with van der Waals surface area (Å²) in [6.07, 6.45) is 6.67. The number of fused-ring (bicyclic) bond motifs is 3. The Morgan fingerprint density at radius 3 is 2.92 bits per heavy atom. The summed E-state index contributed by atoms with van der Waals surface area (Å²) in [6.45, 7) is 0.888. The maximum atomic E-state index is 4.58. The fourth-order valence-electron chi connectivity index (χ4n) is 3.50. The molecule has 4 rings (SSSR count). The molecule has 0 unspecified atom stereocenters. The van der Waals surface area contributed by atoms with Crippen molar-refractivity contribution in [1.82, 2.24) is 9.97 Å². The van der Waals surface area contributed by atoms with E-state index < -0.39 is 0 Å². The van der Waals surface area contributed by atoms with Crippen molar-refractivity contribution >= 4 is 38.7 Å². The van der Waals surface area contributed by atoms with E-state index in [9.17, 15) is 0 Å². The standard InChI is InChI=1S/C18H22N4S2/c1-22(2)13(15-8-5-9-23-15)10-19-17-16-12-6-3-4-7-14(12)24-18(16)21-11-20-17/h5,8-9,11,13H,3-4,6-7,10H2,1-2H3,(H,19,20,21)/p+1/t13-/m1/s1. The highest BCUT2D eigenvalue weighted by atomic mass is 32.1. The van der Waals surface area contributed by atoms with E-state index in [4.69, 9.17) is 0 Å². The molecule has 0 aliphatic heterocycles. The predicted octanol–water partition coefficient (Wildman–Crippen LogP) is 2.93. The van der Waals surface area contributed by atoms with E-state index in [1.807, 2.05) is 22.7 Å². The van der Waals surface area contributed by atoms with Gasteiger partial charge in [-0.1, -0.05) is 6.07 Å². The van der Waals surface area contributed by atoms with Crippen LogP contribution in [0.15, 0.2) is 23.8 Å². The second kappa shape index (κ2) is 6.78. The topological polar surface area (TPSA) is 42.2 Å². The molecule has 0 spiro atoms. The Labute approximate surface area is 150 Å². The van der Waals surface area contributed by atoms with Crippen molar-refractivity contribution in [3.05, 3.63) is 39.2 Å². The number of nitrogens with one attached hydrogen (secondary N) is 2. The van der Waals surface area contributed by atoms with Crippen LogP contribution in [0.1, 0.15) is 34.2 Å². The van der Waals surface area contributed by atoms with Crippen LogP contribution < -0.4 is 10.2 Å². The van der Waals surface area contributed by atoms with E-state index in [1.165, 1.54) is 51.3 Å². The molecule has 0 amide bonds. The lowest BCUT2D eigenvalue weighted by Gasteiger charge is -2.21. The second-order valence-electron chi connectivity index (χ2n) is 6.64. The third-order valence-electron chi connectivity index (χ3n) is 4.81. The third-order valence-corrected chi connectivity index (χ3v) is 6.99. The molecule has 3 aromatic heterocycles. The number of hydrogen-bond acceptors (Lipinski definition) is 5. The lowest BCUT2D eigenvalue weighted by molar-refractivity contribution is -0.889. The van der Waals surface area contributed by atoms with Crippen molar-refractivity contribution in [2.24, 2.45) is 0 Å². The Morgan fingerprint density at radius 1 is 1.25 bits per heavy atom. The van der Waals surface area contributed by atoms with Gasteiger partial charge in [0.1, 0.15) is 23.0 Å². The Morgan fingerprint density at radius 2 is 2.12 bits per heavy atom. The molecule has 0 fully saturated rings. The Kier molecular flexibility index (Phi) is 4.52. The van der Waals surface area contributed by atoms with Crippen LogP contribution in [0.2, 0.25) is 0 Å². The van der Waals surface area contributed by atoms with Crippen LogP contribution in [0.4, 0.5) is 5.82 Å². The largest absolute Gasteiger partial charge is 0.363 e. The van der Waals surface area contributed by atoms with Gasteiger partial charge in [0.2, 0.25) is 0 Å². The summed E-state index contributed by atoms with van der Waals surface area (Å²) in [5.41, 5.74) is 1.49. The van der Waals surface area contributed by atoms with Crippen LogP contribution in [-0.4, -0.2) is 30.6 Å². The Bertz CT molecular complexity index is 823. The normalized spacial score (nSPS) is 15.6. The van der Waals surface area contributed by atoms with Gasteiger partial charge in [-0.2, -0.15) is 0 Å². The zero-order chi connectivity index (χ0) is 16.5. The SMILES string of the molecule is C[NH+](C)[C@H](CNc1ncnc2sc3c(c12)CCCC3)c1cccs1. The minimum Gasteiger partial charge on any atom is -0.363 e. The van der Waals surface area contributed by atoms with Crippen LogP contribution in [-0.2, 0) is 12.8 Å². The highest BCUT2D eigenvalue weighted by molar-refractivity contribution is 7.19. The molecular weight excluding hydrogens is 336 g/mol. The van der Waals surface area contributed by atoms with Gasteiger partial charge in [0.05, 0.1) is 30.9 Å². The van der Waals surface area contributed by atoms with Gasteiger partial charge < -0.3 is 10.2 Å². The van der Waals surface area contributed by atoms with Gasteiger partial charge in [0.25, 0.3) is 0 Å². The molecule has 0 saturated carbocycles. The maximum absolute atomic E-state index is 4.58. The van der Waals surface area contributed by atoms with Crippen LogP contribution in [0.25, 0.3) is 10.2 Å². The van der Waals surface area contributed by atoms with E-state index in [1.54, 1.807) is 6.33 Å². The average Bonchev–Trinajstić information content (AvgIpc) is 3.22. The van der Waals surface area contributed by atoms with Crippen LogP contribution in [0, 0.1) is 0 Å². The molecule has 0 saturated heterocycles. The molecule has 6 heteroatoms. The highest BCUT2D eigenvalue weighted by Gasteiger charge is 2.22. The Hall–Kier alpha value is -1.50. The molecule has 0 bridgehead atoms. The maximum Gasteiger partial charge on any atom is 0.139 e. The summed E-state index contributed by atoms with van der Waals surface area (Å²) in [6, 6.07) is 4.80. The van der Waals surface area contributed by atoms with E-state index in [2.05, 4.69) is 46.9 Å². The first-order chi connectivity index (χ1) is 11.7. The van der Waals surface area contributed by atoms with Crippen molar-refractivity contribution in [1.29, 1.82) is 0 Å². The summed E-state index contributed by atoms with van der Waals surface area (Å²) >= 11 is 3.69. The summed E-state index contributed by atoms with van der Waals surface area (Å²) in [5, 5.41) is 7.07. The lowest BCUT2D eigenvalue weighted by atomic mass is 9.97. The quantitative estimate of drug-likeness (QED) is 0.736. The minimum absolute atomic E-state index is 0.435. The molecule has 3 aromatic rings. The van der Waals surface area contributed by atoms with Crippen LogP contribution in [0.5, 0.6) is 0 Å². The molecule has 126 valence electrons. The number of aryl methyl sites for hydroxylation is 2. The van der Waals surface area contributed by atoms with E-state index in [0.717, 1.165) is 17.2 Å². The molecule has 0 radical (unpaired) electrons. The zero-order valence-electron chi connectivity index (χ0n) is 14.1. The first-order valence-electron chi connectivity index (χ1n) is 8.56.